The number of aromatic nitrogens is 1. The molecule has 0 saturated heterocycles. The van der Waals surface area contributed by atoms with E-state index < -0.39 is 37.8 Å². The molecule has 4 aromatic rings. The van der Waals surface area contributed by atoms with E-state index in [0.717, 1.165) is 16.7 Å². The molecule has 0 fully saturated rings. The summed E-state index contributed by atoms with van der Waals surface area (Å²) in [6, 6.07) is 15.8. The molecule has 1 aliphatic heterocycles. The molecule has 0 bridgehead atoms. The lowest BCUT2D eigenvalue weighted by Crippen LogP contribution is -2.47. The minimum Gasteiger partial charge on any atom is -0.412 e. The summed E-state index contributed by atoms with van der Waals surface area (Å²) in [4.78, 5) is 45.3. The normalized spacial score (nSPS) is 14.3. The van der Waals surface area contributed by atoms with E-state index in [0.29, 0.717) is 55.0 Å². The van der Waals surface area contributed by atoms with E-state index in [1.807, 2.05) is 24.3 Å². The number of nitrogens with zero attached hydrogens (tertiary/aromatic N) is 2. The second-order valence-corrected chi connectivity index (χ2v) is 18.8. The maximum absolute atomic E-state index is 14.3. The van der Waals surface area contributed by atoms with E-state index in [1.165, 1.54) is 11.3 Å². The molecule has 1 atom stereocenters. The molecule has 5 rings (SSSR count). The Morgan fingerprint density at radius 3 is 2.07 bits per heavy atom. The van der Waals surface area contributed by atoms with E-state index in [4.69, 9.17) is 4.43 Å². The third-order valence-electron chi connectivity index (χ3n) is 8.78. The predicted molar refractivity (Wildman–Crippen MR) is 175 cm³/mol. The Labute approximate surface area is 262 Å². The molecule has 10 heteroatoms. The van der Waals surface area contributed by atoms with Crippen molar-refractivity contribution < 1.29 is 23.2 Å². The van der Waals surface area contributed by atoms with Crippen LogP contribution in [0.15, 0.2) is 67.0 Å². The number of halogens is 1. The van der Waals surface area contributed by atoms with Crippen LogP contribution in [0.3, 0.4) is 0 Å². The molecule has 0 unspecified atom stereocenters. The van der Waals surface area contributed by atoms with Crippen LogP contribution in [0.2, 0.25) is 16.6 Å². The van der Waals surface area contributed by atoms with E-state index in [1.54, 1.807) is 36.5 Å². The number of fused-ring (bicyclic) bond motifs is 2. The fourth-order valence-electron chi connectivity index (χ4n) is 6.68. The van der Waals surface area contributed by atoms with Crippen LogP contribution in [-0.4, -0.2) is 42.5 Å². The van der Waals surface area contributed by atoms with Crippen LogP contribution in [0, 0.1) is 5.82 Å². The first-order valence-corrected chi connectivity index (χ1v) is 17.9. The second-order valence-electron chi connectivity index (χ2n) is 12.3. The van der Waals surface area contributed by atoms with Crippen LogP contribution >= 0.6 is 11.3 Å². The van der Waals surface area contributed by atoms with Gasteiger partial charge in [-0.05, 0) is 45.9 Å². The molecule has 7 nitrogen and oxygen atoms in total. The number of rotatable bonds is 11. The van der Waals surface area contributed by atoms with Crippen molar-refractivity contribution in [3.63, 3.8) is 0 Å². The molecule has 1 aliphatic rings. The number of carbonyl (C=O) groups is 3. The fraction of sp³-hybridized carbons (Fsp3) is 0.353. The maximum Gasteiger partial charge on any atom is 0.261 e. The third kappa shape index (κ3) is 5.86. The molecular formula is C34H38FN3O4SSi. The smallest absolute Gasteiger partial charge is 0.261 e. The zero-order chi connectivity index (χ0) is 31.8. The minimum absolute atomic E-state index is 0.140. The molecule has 230 valence electrons. The Balaban J connectivity index is 1.42. The number of benzene rings is 2. The lowest BCUT2D eigenvalue weighted by molar-refractivity contribution is -0.117. The molecule has 0 aliphatic carbocycles. The average molecular weight is 632 g/mol. The Hall–Kier alpha value is -3.73. The van der Waals surface area contributed by atoms with E-state index in [-0.39, 0.29) is 6.54 Å². The maximum atomic E-state index is 14.3. The summed E-state index contributed by atoms with van der Waals surface area (Å²) in [5.41, 5.74) is 3.64. The van der Waals surface area contributed by atoms with Crippen molar-refractivity contribution in [3.05, 3.63) is 95.1 Å². The van der Waals surface area contributed by atoms with Gasteiger partial charge in [-0.2, -0.15) is 0 Å². The van der Waals surface area contributed by atoms with Gasteiger partial charge in [0.15, 0.2) is 0 Å². The van der Waals surface area contributed by atoms with Crippen molar-refractivity contribution in [1.82, 2.24) is 9.88 Å². The number of hydrogen-bond acceptors (Lipinski definition) is 6. The number of imide groups is 1. The Bertz CT molecular complexity index is 1650. The number of thiophene rings is 1. The van der Waals surface area contributed by atoms with Crippen LogP contribution in [0.25, 0.3) is 10.1 Å². The number of hydrogen-bond donors (Lipinski definition) is 1. The van der Waals surface area contributed by atoms with Crippen molar-refractivity contribution >= 4 is 52.5 Å². The zero-order valence-electron chi connectivity index (χ0n) is 25.9. The third-order valence-corrected chi connectivity index (χ3v) is 15.8. The number of carbonyl (C=O) groups excluding carboxylic acids is 3. The van der Waals surface area contributed by atoms with Gasteiger partial charge in [0.05, 0.1) is 39.5 Å². The Morgan fingerprint density at radius 1 is 0.932 bits per heavy atom. The number of anilines is 1. The lowest BCUT2D eigenvalue weighted by Gasteiger charge is -2.42. The summed E-state index contributed by atoms with van der Waals surface area (Å²) in [5.74, 6) is -2.60. The number of pyridine rings is 1. The van der Waals surface area contributed by atoms with Crippen molar-refractivity contribution in [3.8, 4) is 0 Å². The highest BCUT2D eigenvalue weighted by molar-refractivity contribution is 7.22. The molecule has 3 amide bonds. The van der Waals surface area contributed by atoms with Crippen molar-refractivity contribution in [2.75, 3.05) is 11.9 Å². The highest BCUT2D eigenvalue weighted by Gasteiger charge is 2.45. The van der Waals surface area contributed by atoms with Gasteiger partial charge >= 0.3 is 0 Å². The van der Waals surface area contributed by atoms with Crippen molar-refractivity contribution in [2.24, 2.45) is 0 Å². The summed E-state index contributed by atoms with van der Waals surface area (Å²) < 4.78 is 21.7. The summed E-state index contributed by atoms with van der Waals surface area (Å²) in [6.45, 7) is 13.8. The standard InChI is InChI=1S/C34H38FN3O4SSi/c1-20(2)44(21(3)4,22(5)6)42-19-23-11-13-24(14-12-23)28(18-38-33(40)25-9-7-8-10-26(25)34(38)41)32(39)37-31-15-27-29(35)16-36-17-30(27)43-31/h7-17,20-22,28H,18-19H2,1-6H3,(H,37,39)/t28-/m1/s1. The molecule has 0 radical (unpaired) electrons. The number of amides is 3. The van der Waals surface area contributed by atoms with Gasteiger partial charge in [-0.3, -0.25) is 24.3 Å². The highest BCUT2D eigenvalue weighted by Crippen LogP contribution is 2.43. The van der Waals surface area contributed by atoms with Crippen molar-refractivity contribution in [2.45, 2.75) is 70.7 Å². The molecule has 44 heavy (non-hydrogen) atoms. The summed E-state index contributed by atoms with van der Waals surface area (Å²) in [5, 5.41) is 3.71. The second kappa shape index (κ2) is 12.7. The summed E-state index contributed by atoms with van der Waals surface area (Å²) in [7, 11) is -2.07. The first-order chi connectivity index (χ1) is 20.9. The Kier molecular flexibility index (Phi) is 9.15. The highest BCUT2D eigenvalue weighted by atomic mass is 32.1. The number of nitrogens with one attached hydrogen (secondary N) is 1. The van der Waals surface area contributed by atoms with Gasteiger partial charge < -0.3 is 9.74 Å². The van der Waals surface area contributed by atoms with E-state index in [9.17, 15) is 18.8 Å². The lowest BCUT2D eigenvalue weighted by atomic mass is 9.96. The minimum atomic E-state index is -2.07. The van der Waals surface area contributed by atoms with Crippen LogP contribution in [0.1, 0.15) is 79.3 Å². The molecule has 2 aromatic carbocycles. The average Bonchev–Trinajstić information content (AvgIpc) is 3.50. The quantitative estimate of drug-likeness (QED) is 0.133. The van der Waals surface area contributed by atoms with Crippen LogP contribution < -0.4 is 5.32 Å². The van der Waals surface area contributed by atoms with Gasteiger partial charge in [-0.15, -0.1) is 11.3 Å². The molecule has 2 aromatic heterocycles. The summed E-state index contributed by atoms with van der Waals surface area (Å²) >= 11 is 1.21. The predicted octanol–water partition coefficient (Wildman–Crippen LogP) is 8.15. The first kappa shape index (κ1) is 31.7. The zero-order valence-corrected chi connectivity index (χ0v) is 27.7. The SMILES string of the molecule is CC(C)[Si](OCc1ccc([C@@H](CN2C(=O)c3ccccc3C2=O)C(=O)Nc2cc3c(F)cncc3s2)cc1)(C(C)C)C(C)C. The van der Waals surface area contributed by atoms with Crippen LogP contribution in [0.4, 0.5) is 9.39 Å². The van der Waals surface area contributed by atoms with Gasteiger partial charge in [-0.1, -0.05) is 77.9 Å². The summed E-state index contributed by atoms with van der Waals surface area (Å²) in [6.07, 6.45) is 2.68. The largest absolute Gasteiger partial charge is 0.412 e. The van der Waals surface area contributed by atoms with E-state index >= 15 is 0 Å². The van der Waals surface area contributed by atoms with E-state index in [2.05, 4.69) is 51.8 Å². The molecule has 0 spiro atoms. The first-order valence-electron chi connectivity index (χ1n) is 15.0. The van der Waals surface area contributed by atoms with Crippen molar-refractivity contribution in [1.29, 1.82) is 0 Å². The molecular weight excluding hydrogens is 594 g/mol. The van der Waals surface area contributed by atoms with Gasteiger partial charge in [-0.25, -0.2) is 4.39 Å². The topological polar surface area (TPSA) is 88.6 Å². The van der Waals surface area contributed by atoms with Gasteiger partial charge in [0.2, 0.25) is 14.2 Å². The van der Waals surface area contributed by atoms with Gasteiger partial charge in [0.1, 0.15) is 5.82 Å². The Morgan fingerprint density at radius 2 is 1.52 bits per heavy atom. The van der Waals surface area contributed by atoms with Crippen LogP contribution in [0.5, 0.6) is 0 Å². The molecule has 3 heterocycles. The van der Waals surface area contributed by atoms with Gasteiger partial charge in [0, 0.05) is 18.1 Å². The van der Waals surface area contributed by atoms with Gasteiger partial charge in [0.25, 0.3) is 11.8 Å². The molecule has 0 saturated carbocycles. The van der Waals surface area contributed by atoms with Crippen LogP contribution in [-0.2, 0) is 15.8 Å². The fourth-order valence-corrected chi connectivity index (χ4v) is 13.0. The monoisotopic (exact) mass is 631 g/mol. The molecule has 1 N–H and O–H groups in total.